The molecule has 0 rings (SSSR count). The van der Waals surface area contributed by atoms with Crippen molar-refractivity contribution in [3.63, 3.8) is 0 Å². The summed E-state index contributed by atoms with van der Waals surface area (Å²) >= 11 is 0. The highest BCUT2D eigenvalue weighted by molar-refractivity contribution is 5.70. The standard InChI is InChI=1S/C12H24O3/c1-11(2,3)9-10(13)14-7-8-15-12(4,5)6/h7-9H2,1-6H3. The van der Waals surface area contributed by atoms with Crippen LogP contribution in [0.25, 0.3) is 0 Å². The molecule has 90 valence electrons. The second-order valence-electron chi connectivity index (χ2n) is 5.92. The van der Waals surface area contributed by atoms with Crippen molar-refractivity contribution in [2.24, 2.45) is 5.41 Å². The normalized spacial score (nSPS) is 12.7. The average Bonchev–Trinajstić information content (AvgIpc) is 1.92. The smallest absolute Gasteiger partial charge is 0.306 e. The fourth-order valence-corrected chi connectivity index (χ4v) is 0.987. The summed E-state index contributed by atoms with van der Waals surface area (Å²) in [4.78, 5) is 11.3. The van der Waals surface area contributed by atoms with Gasteiger partial charge in [0.25, 0.3) is 0 Å². The Bertz CT molecular complexity index is 196. The Morgan fingerprint density at radius 2 is 1.53 bits per heavy atom. The van der Waals surface area contributed by atoms with Gasteiger partial charge in [-0.2, -0.15) is 0 Å². The first-order valence-electron chi connectivity index (χ1n) is 5.40. The largest absolute Gasteiger partial charge is 0.463 e. The van der Waals surface area contributed by atoms with Crippen molar-refractivity contribution in [1.82, 2.24) is 0 Å². The zero-order chi connectivity index (χ0) is 12.1. The molecule has 0 radical (unpaired) electrons. The van der Waals surface area contributed by atoms with Crippen LogP contribution in [0.2, 0.25) is 0 Å². The lowest BCUT2D eigenvalue weighted by atomic mass is 9.93. The van der Waals surface area contributed by atoms with Gasteiger partial charge in [0.15, 0.2) is 0 Å². The number of esters is 1. The molecule has 0 atom stereocenters. The molecule has 0 fully saturated rings. The second-order valence-corrected chi connectivity index (χ2v) is 5.92. The van der Waals surface area contributed by atoms with E-state index in [4.69, 9.17) is 9.47 Å². The highest BCUT2D eigenvalue weighted by atomic mass is 16.6. The van der Waals surface area contributed by atoms with Gasteiger partial charge in [-0.1, -0.05) is 20.8 Å². The third-order valence-electron chi connectivity index (χ3n) is 1.56. The van der Waals surface area contributed by atoms with Gasteiger partial charge in [0, 0.05) is 0 Å². The SMILES string of the molecule is CC(C)(C)CC(=O)OCCOC(C)(C)C. The van der Waals surface area contributed by atoms with E-state index in [1.54, 1.807) is 0 Å². The van der Waals surface area contributed by atoms with Crippen LogP contribution >= 0.6 is 0 Å². The molecule has 3 nitrogen and oxygen atoms in total. The Kier molecular flexibility index (Phi) is 5.29. The van der Waals surface area contributed by atoms with E-state index in [0.717, 1.165) is 0 Å². The van der Waals surface area contributed by atoms with E-state index in [-0.39, 0.29) is 17.0 Å². The molecule has 0 aromatic heterocycles. The first-order valence-corrected chi connectivity index (χ1v) is 5.40. The van der Waals surface area contributed by atoms with Crippen LogP contribution in [0, 0.1) is 5.41 Å². The van der Waals surface area contributed by atoms with Crippen molar-refractivity contribution in [3.8, 4) is 0 Å². The maximum absolute atomic E-state index is 11.3. The lowest BCUT2D eigenvalue weighted by Crippen LogP contribution is -2.23. The van der Waals surface area contributed by atoms with Gasteiger partial charge in [0.05, 0.1) is 18.6 Å². The molecule has 0 aliphatic carbocycles. The van der Waals surface area contributed by atoms with E-state index >= 15 is 0 Å². The molecular weight excluding hydrogens is 192 g/mol. The summed E-state index contributed by atoms with van der Waals surface area (Å²) in [5.41, 5.74) is -0.182. The lowest BCUT2D eigenvalue weighted by Gasteiger charge is -2.20. The van der Waals surface area contributed by atoms with Crippen molar-refractivity contribution in [3.05, 3.63) is 0 Å². The van der Waals surface area contributed by atoms with E-state index in [0.29, 0.717) is 19.6 Å². The molecule has 0 saturated carbocycles. The molecule has 0 bridgehead atoms. The van der Waals surface area contributed by atoms with Crippen LogP contribution in [0.15, 0.2) is 0 Å². The Balaban J connectivity index is 3.57. The Morgan fingerprint density at radius 1 is 1.00 bits per heavy atom. The molecule has 0 amide bonds. The van der Waals surface area contributed by atoms with Gasteiger partial charge >= 0.3 is 5.97 Å². The van der Waals surface area contributed by atoms with Crippen LogP contribution in [-0.2, 0) is 14.3 Å². The predicted octanol–water partition coefficient (Wildman–Crippen LogP) is 2.78. The van der Waals surface area contributed by atoms with Gasteiger partial charge < -0.3 is 9.47 Å². The van der Waals surface area contributed by atoms with Gasteiger partial charge in [0.1, 0.15) is 6.61 Å². The van der Waals surface area contributed by atoms with E-state index in [9.17, 15) is 4.79 Å². The molecule has 0 spiro atoms. The number of hydrogen-bond acceptors (Lipinski definition) is 3. The molecule has 0 aliphatic heterocycles. The Hall–Kier alpha value is -0.570. The fraction of sp³-hybridized carbons (Fsp3) is 0.917. The van der Waals surface area contributed by atoms with E-state index in [2.05, 4.69) is 0 Å². The van der Waals surface area contributed by atoms with Crippen LogP contribution in [-0.4, -0.2) is 24.8 Å². The Morgan fingerprint density at radius 3 is 1.93 bits per heavy atom. The molecule has 15 heavy (non-hydrogen) atoms. The highest BCUT2D eigenvalue weighted by Gasteiger charge is 2.17. The number of carbonyl (C=O) groups is 1. The van der Waals surface area contributed by atoms with Crippen molar-refractivity contribution in [2.75, 3.05) is 13.2 Å². The molecule has 0 unspecified atom stereocenters. The Labute approximate surface area is 93.1 Å². The minimum atomic E-state index is -0.170. The summed E-state index contributed by atoms with van der Waals surface area (Å²) in [6.07, 6.45) is 0.447. The molecule has 0 aliphatic rings. The summed E-state index contributed by atoms with van der Waals surface area (Å²) in [5.74, 6) is -0.153. The minimum Gasteiger partial charge on any atom is -0.463 e. The maximum atomic E-state index is 11.3. The zero-order valence-corrected chi connectivity index (χ0v) is 10.8. The van der Waals surface area contributed by atoms with Crippen LogP contribution in [0.1, 0.15) is 48.0 Å². The third-order valence-corrected chi connectivity index (χ3v) is 1.56. The monoisotopic (exact) mass is 216 g/mol. The lowest BCUT2D eigenvalue weighted by molar-refractivity contribution is -0.148. The molecule has 0 saturated heterocycles. The molecular formula is C12H24O3. The van der Waals surface area contributed by atoms with Crippen molar-refractivity contribution in [1.29, 1.82) is 0 Å². The maximum Gasteiger partial charge on any atom is 0.306 e. The quantitative estimate of drug-likeness (QED) is 0.535. The fourth-order valence-electron chi connectivity index (χ4n) is 0.987. The van der Waals surface area contributed by atoms with Crippen molar-refractivity contribution < 1.29 is 14.3 Å². The molecule has 0 heterocycles. The number of hydrogen-bond donors (Lipinski definition) is 0. The summed E-state index contributed by atoms with van der Waals surface area (Å²) in [5, 5.41) is 0. The van der Waals surface area contributed by atoms with Crippen molar-refractivity contribution in [2.45, 2.75) is 53.6 Å². The summed E-state index contributed by atoms with van der Waals surface area (Å²) < 4.78 is 10.5. The van der Waals surface area contributed by atoms with Crippen LogP contribution in [0.5, 0.6) is 0 Å². The second kappa shape index (κ2) is 5.50. The molecule has 0 N–H and O–H groups in total. The first kappa shape index (κ1) is 14.4. The minimum absolute atomic E-state index is 0.0119. The van der Waals surface area contributed by atoms with Gasteiger partial charge in [-0.3, -0.25) is 4.79 Å². The van der Waals surface area contributed by atoms with Crippen LogP contribution < -0.4 is 0 Å². The van der Waals surface area contributed by atoms with E-state index in [1.165, 1.54) is 0 Å². The summed E-state index contributed by atoms with van der Waals surface area (Å²) in [7, 11) is 0. The number of ether oxygens (including phenoxy) is 2. The topological polar surface area (TPSA) is 35.5 Å². The third kappa shape index (κ3) is 11.4. The van der Waals surface area contributed by atoms with Gasteiger partial charge in [-0.25, -0.2) is 0 Å². The molecule has 3 heteroatoms. The summed E-state index contributed by atoms with van der Waals surface area (Å²) in [6, 6.07) is 0. The van der Waals surface area contributed by atoms with Gasteiger partial charge in [-0.15, -0.1) is 0 Å². The number of rotatable bonds is 4. The van der Waals surface area contributed by atoms with Crippen LogP contribution in [0.4, 0.5) is 0 Å². The van der Waals surface area contributed by atoms with Gasteiger partial charge in [-0.05, 0) is 26.2 Å². The van der Waals surface area contributed by atoms with Crippen molar-refractivity contribution >= 4 is 5.97 Å². The molecule has 0 aromatic rings. The average molecular weight is 216 g/mol. The van der Waals surface area contributed by atoms with Gasteiger partial charge in [0.2, 0.25) is 0 Å². The number of carbonyl (C=O) groups excluding carboxylic acids is 1. The zero-order valence-electron chi connectivity index (χ0n) is 10.8. The van der Waals surface area contributed by atoms with E-state index < -0.39 is 0 Å². The highest BCUT2D eigenvalue weighted by Crippen LogP contribution is 2.18. The van der Waals surface area contributed by atoms with Crippen LogP contribution in [0.3, 0.4) is 0 Å². The molecule has 0 aromatic carbocycles. The summed E-state index contributed by atoms with van der Waals surface area (Å²) in [6.45, 7) is 12.8. The van der Waals surface area contributed by atoms with E-state index in [1.807, 2.05) is 41.5 Å². The predicted molar refractivity (Wildman–Crippen MR) is 60.7 cm³/mol. The first-order chi connectivity index (χ1) is 6.60.